The van der Waals surface area contributed by atoms with Crippen LogP contribution in [0.2, 0.25) is 0 Å². The molecule has 0 saturated heterocycles. The number of hydrogen-bond donors (Lipinski definition) is 1. The molecular weight excluding hydrogens is 278 g/mol. The number of aryl methyl sites for hydroxylation is 1. The molecule has 4 rings (SSSR count). The van der Waals surface area contributed by atoms with Crippen LogP contribution in [0.15, 0.2) is 42.6 Å². The van der Waals surface area contributed by atoms with Gasteiger partial charge in [0.2, 0.25) is 5.78 Å². The van der Waals surface area contributed by atoms with Crippen LogP contribution in [0.3, 0.4) is 0 Å². The van der Waals surface area contributed by atoms with Gasteiger partial charge in [0.05, 0.1) is 11.1 Å². The number of aromatic nitrogens is 1. The second-order valence-corrected chi connectivity index (χ2v) is 5.43. The molecule has 3 aromatic rings. The van der Waals surface area contributed by atoms with Crippen LogP contribution in [0.5, 0.6) is 5.75 Å². The number of carbonyl (C=O) groups is 2. The summed E-state index contributed by atoms with van der Waals surface area (Å²) >= 11 is 0. The largest absolute Gasteiger partial charge is 0.507 e. The van der Waals surface area contributed by atoms with Gasteiger partial charge in [-0.2, -0.15) is 0 Å². The van der Waals surface area contributed by atoms with E-state index in [0.29, 0.717) is 5.39 Å². The van der Waals surface area contributed by atoms with Gasteiger partial charge in [0.15, 0.2) is 5.78 Å². The summed E-state index contributed by atoms with van der Waals surface area (Å²) in [6.07, 6.45) is 1.57. The monoisotopic (exact) mass is 289 g/mol. The number of ketones is 2. The lowest BCUT2D eigenvalue weighted by molar-refractivity contribution is 0.0974. The first-order chi connectivity index (χ1) is 10.6. The first-order valence-electron chi connectivity index (χ1n) is 6.88. The van der Waals surface area contributed by atoms with Crippen molar-refractivity contribution in [3.05, 3.63) is 70.5 Å². The molecule has 0 amide bonds. The van der Waals surface area contributed by atoms with Gasteiger partial charge in [-0.15, -0.1) is 0 Å². The summed E-state index contributed by atoms with van der Waals surface area (Å²) < 4.78 is 0. The second kappa shape index (κ2) is 4.24. The summed E-state index contributed by atoms with van der Waals surface area (Å²) in [5.74, 6) is -0.847. The van der Waals surface area contributed by atoms with Gasteiger partial charge in [-0.25, -0.2) is 0 Å². The van der Waals surface area contributed by atoms with Crippen molar-refractivity contribution in [1.82, 2.24) is 4.98 Å². The van der Waals surface area contributed by atoms with E-state index in [2.05, 4.69) is 4.98 Å². The summed E-state index contributed by atoms with van der Waals surface area (Å²) in [5.41, 5.74) is 1.51. The summed E-state index contributed by atoms with van der Waals surface area (Å²) in [7, 11) is 0. The molecule has 4 nitrogen and oxygen atoms in total. The van der Waals surface area contributed by atoms with Crippen molar-refractivity contribution >= 4 is 22.3 Å². The number of aromatic hydroxyl groups is 1. The average molecular weight is 289 g/mol. The van der Waals surface area contributed by atoms with Crippen LogP contribution in [0, 0.1) is 6.92 Å². The molecule has 1 aliphatic rings. The maximum Gasteiger partial charge on any atom is 0.213 e. The fraction of sp³-hybridized carbons (Fsp3) is 0.0556. The molecule has 1 aromatic heterocycles. The molecule has 1 heterocycles. The van der Waals surface area contributed by atoms with Gasteiger partial charge in [-0.05, 0) is 35.4 Å². The molecule has 22 heavy (non-hydrogen) atoms. The van der Waals surface area contributed by atoms with E-state index >= 15 is 0 Å². The third-order valence-electron chi connectivity index (χ3n) is 3.97. The lowest BCUT2D eigenvalue weighted by Crippen LogP contribution is -2.23. The Hall–Kier alpha value is -3.01. The van der Waals surface area contributed by atoms with Crippen molar-refractivity contribution in [2.24, 2.45) is 0 Å². The Labute approximate surface area is 126 Å². The summed E-state index contributed by atoms with van der Waals surface area (Å²) in [6, 6.07) is 10.4. The molecule has 0 saturated carbocycles. The van der Waals surface area contributed by atoms with E-state index in [1.54, 1.807) is 37.4 Å². The van der Waals surface area contributed by atoms with Crippen LogP contribution in [0.25, 0.3) is 10.8 Å². The number of phenolic OH excluding ortho intramolecular Hbond substituents is 1. The van der Waals surface area contributed by atoms with Crippen molar-refractivity contribution in [2.75, 3.05) is 0 Å². The SMILES string of the molecule is Cc1cnc2c(c1)C(=O)c1c(O)cc3ccccc3c1C2=O. The molecule has 4 heteroatoms. The number of benzene rings is 2. The standard InChI is InChI=1S/C18H11NO3/c1-9-6-12-16(19-8-9)18(22)14-11-5-3-2-4-10(11)7-13(20)15(14)17(12)21/h2-8,20H,1H3. The zero-order valence-corrected chi connectivity index (χ0v) is 11.8. The maximum absolute atomic E-state index is 12.8. The van der Waals surface area contributed by atoms with E-state index in [9.17, 15) is 14.7 Å². The molecule has 0 radical (unpaired) electrons. The highest BCUT2D eigenvalue weighted by molar-refractivity contribution is 6.32. The van der Waals surface area contributed by atoms with Crippen LogP contribution < -0.4 is 0 Å². The molecule has 0 bridgehead atoms. The first-order valence-corrected chi connectivity index (χ1v) is 6.88. The van der Waals surface area contributed by atoms with Crippen molar-refractivity contribution in [3.63, 3.8) is 0 Å². The summed E-state index contributed by atoms with van der Waals surface area (Å²) in [6.45, 7) is 1.81. The zero-order valence-electron chi connectivity index (χ0n) is 11.8. The van der Waals surface area contributed by atoms with Crippen molar-refractivity contribution in [3.8, 4) is 5.75 Å². The van der Waals surface area contributed by atoms with E-state index in [0.717, 1.165) is 10.9 Å². The van der Waals surface area contributed by atoms with Crippen LogP contribution in [0.4, 0.5) is 0 Å². The van der Waals surface area contributed by atoms with Gasteiger partial charge in [-0.3, -0.25) is 14.6 Å². The Morgan fingerprint density at radius 1 is 1.00 bits per heavy atom. The second-order valence-electron chi connectivity index (χ2n) is 5.43. The van der Waals surface area contributed by atoms with Gasteiger partial charge in [0.1, 0.15) is 11.4 Å². The highest BCUT2D eigenvalue weighted by Gasteiger charge is 2.34. The normalized spacial score (nSPS) is 13.1. The average Bonchev–Trinajstić information content (AvgIpc) is 2.51. The smallest absolute Gasteiger partial charge is 0.213 e. The number of fused-ring (bicyclic) bond motifs is 4. The van der Waals surface area contributed by atoms with Crippen molar-refractivity contribution in [2.45, 2.75) is 6.92 Å². The minimum absolute atomic E-state index is 0.0728. The Kier molecular flexibility index (Phi) is 2.45. The van der Waals surface area contributed by atoms with Crippen LogP contribution in [-0.2, 0) is 0 Å². The molecule has 106 valence electrons. The Balaban J connectivity index is 2.15. The highest BCUT2D eigenvalue weighted by Crippen LogP contribution is 2.37. The molecule has 0 atom stereocenters. The zero-order chi connectivity index (χ0) is 15.4. The summed E-state index contributed by atoms with van der Waals surface area (Å²) in [4.78, 5) is 29.7. The Morgan fingerprint density at radius 3 is 2.59 bits per heavy atom. The van der Waals surface area contributed by atoms with E-state index in [4.69, 9.17) is 0 Å². The van der Waals surface area contributed by atoms with E-state index in [1.807, 2.05) is 6.07 Å². The number of phenols is 1. The van der Waals surface area contributed by atoms with Gasteiger partial charge in [-0.1, -0.05) is 24.3 Å². The topological polar surface area (TPSA) is 67.3 Å². The van der Waals surface area contributed by atoms with Gasteiger partial charge < -0.3 is 5.11 Å². The maximum atomic E-state index is 12.8. The molecule has 1 N–H and O–H groups in total. The van der Waals surface area contributed by atoms with E-state index in [-0.39, 0.29) is 39.7 Å². The first kappa shape index (κ1) is 12.7. The molecule has 0 aliphatic heterocycles. The van der Waals surface area contributed by atoms with Crippen LogP contribution in [0.1, 0.15) is 37.5 Å². The predicted octanol–water partition coefficient (Wildman–Crippen LogP) is 3.02. The predicted molar refractivity (Wildman–Crippen MR) is 81.5 cm³/mol. The number of hydrogen-bond acceptors (Lipinski definition) is 4. The number of carbonyl (C=O) groups excluding carboxylic acids is 2. The number of nitrogens with zero attached hydrogens (tertiary/aromatic N) is 1. The minimum atomic E-state index is -0.357. The van der Waals surface area contributed by atoms with Crippen molar-refractivity contribution in [1.29, 1.82) is 0 Å². The van der Waals surface area contributed by atoms with Crippen molar-refractivity contribution < 1.29 is 14.7 Å². The van der Waals surface area contributed by atoms with Crippen LogP contribution >= 0.6 is 0 Å². The molecule has 0 unspecified atom stereocenters. The van der Waals surface area contributed by atoms with E-state index in [1.165, 1.54) is 6.07 Å². The lowest BCUT2D eigenvalue weighted by Gasteiger charge is -2.19. The third-order valence-corrected chi connectivity index (χ3v) is 3.97. The van der Waals surface area contributed by atoms with Gasteiger partial charge in [0.25, 0.3) is 0 Å². The Bertz CT molecular complexity index is 989. The lowest BCUT2D eigenvalue weighted by atomic mass is 9.83. The van der Waals surface area contributed by atoms with Gasteiger partial charge in [0, 0.05) is 11.8 Å². The highest BCUT2D eigenvalue weighted by atomic mass is 16.3. The molecular formula is C18H11NO3. The summed E-state index contributed by atoms with van der Waals surface area (Å²) in [5, 5.41) is 11.6. The molecule has 1 aliphatic carbocycles. The third kappa shape index (κ3) is 1.55. The minimum Gasteiger partial charge on any atom is -0.507 e. The molecule has 0 spiro atoms. The fourth-order valence-corrected chi connectivity index (χ4v) is 2.97. The van der Waals surface area contributed by atoms with Gasteiger partial charge >= 0.3 is 0 Å². The Morgan fingerprint density at radius 2 is 1.77 bits per heavy atom. The fourth-order valence-electron chi connectivity index (χ4n) is 2.97. The molecule has 2 aromatic carbocycles. The number of rotatable bonds is 0. The quantitative estimate of drug-likeness (QED) is 0.540. The molecule has 0 fully saturated rings. The van der Waals surface area contributed by atoms with E-state index < -0.39 is 0 Å². The number of pyridine rings is 1. The van der Waals surface area contributed by atoms with Crippen LogP contribution in [-0.4, -0.2) is 21.7 Å².